The van der Waals surface area contributed by atoms with Gasteiger partial charge in [-0.1, -0.05) is 73.7 Å². The van der Waals surface area contributed by atoms with Gasteiger partial charge < -0.3 is 24.0 Å². The number of hydrogen-bond acceptors (Lipinski definition) is 5. The van der Waals surface area contributed by atoms with Crippen LogP contribution in [-0.4, -0.2) is 23.8 Å². The van der Waals surface area contributed by atoms with Crippen LogP contribution in [-0.2, 0) is 9.09 Å². The zero-order valence-electron chi connectivity index (χ0n) is 30.4. The van der Waals surface area contributed by atoms with Crippen LogP contribution < -0.4 is 14.5 Å². The van der Waals surface area contributed by atoms with E-state index >= 15 is 0 Å². The Hall–Kier alpha value is -5.13. The van der Waals surface area contributed by atoms with E-state index in [1.165, 1.54) is 11.1 Å². The van der Waals surface area contributed by atoms with Crippen molar-refractivity contribution in [3.8, 4) is 16.9 Å². The molecule has 6 aromatic rings. The first kappa shape index (κ1) is 36.7. The molecular formula is C45H47N2O4P. The molecule has 266 valence electrons. The third kappa shape index (κ3) is 9.40. The van der Waals surface area contributed by atoms with Gasteiger partial charge in [-0.25, -0.2) is 0 Å². The molecule has 0 heterocycles. The molecule has 0 saturated heterocycles. The minimum Gasteiger partial charge on any atom is -0.494 e. The average molecular weight is 711 g/mol. The van der Waals surface area contributed by atoms with Crippen LogP contribution in [0.2, 0.25) is 0 Å². The van der Waals surface area contributed by atoms with Crippen LogP contribution >= 0.6 is 7.60 Å². The van der Waals surface area contributed by atoms with E-state index < -0.39 is 7.60 Å². The standard InChI is InChI=1S/C45H47N2O4P/c1-5-36(4)51-52(48,49)31-11-30-50-45-28-26-42(27-29-45)47(44-17-10-13-35(3)33-44)41-24-20-38(21-25-41)37-18-22-40(23-19-37)46(39-14-7-6-8-15-39)43-16-9-12-34(2)32-43/h6-10,12-29,32-33,36H,5,11,30-31H2,1-4H3,(H,48,49). The number of nitrogens with zero attached hydrogens (tertiary/aromatic N) is 2. The number of benzene rings is 6. The molecule has 0 aliphatic heterocycles. The van der Waals surface area contributed by atoms with Crippen molar-refractivity contribution < 1.29 is 18.7 Å². The minimum atomic E-state index is -3.62. The Bertz CT molecular complexity index is 2080. The highest BCUT2D eigenvalue weighted by Crippen LogP contribution is 2.44. The van der Waals surface area contributed by atoms with E-state index in [0.29, 0.717) is 25.2 Å². The molecule has 6 rings (SSSR count). The van der Waals surface area contributed by atoms with Crippen LogP contribution in [0.3, 0.4) is 0 Å². The maximum atomic E-state index is 12.3. The SMILES string of the molecule is CCC(C)OP(=O)(O)CCCOc1ccc(N(c2ccc(-c3ccc(N(c4ccccc4)c4cccc(C)c4)cc3)cc2)c2cccc(C)c2)cc1. The summed E-state index contributed by atoms with van der Waals surface area (Å²) in [6.07, 6.45) is 0.934. The molecule has 2 atom stereocenters. The molecule has 0 saturated carbocycles. The van der Waals surface area contributed by atoms with E-state index in [1.807, 2.05) is 37.3 Å². The van der Waals surface area contributed by atoms with Crippen molar-refractivity contribution in [2.24, 2.45) is 0 Å². The summed E-state index contributed by atoms with van der Waals surface area (Å²) >= 11 is 0. The smallest absolute Gasteiger partial charge is 0.328 e. The molecule has 0 bridgehead atoms. The lowest BCUT2D eigenvalue weighted by atomic mass is 10.0. The molecule has 0 aliphatic rings. The monoisotopic (exact) mass is 710 g/mol. The van der Waals surface area contributed by atoms with Crippen molar-refractivity contribution in [2.45, 2.75) is 46.6 Å². The van der Waals surface area contributed by atoms with Gasteiger partial charge in [-0.05, 0) is 141 Å². The van der Waals surface area contributed by atoms with Gasteiger partial charge in [0.05, 0.1) is 18.9 Å². The van der Waals surface area contributed by atoms with Crippen LogP contribution in [0.4, 0.5) is 34.1 Å². The Morgan fingerprint density at radius 2 is 1.04 bits per heavy atom. The highest BCUT2D eigenvalue weighted by Gasteiger charge is 2.21. The van der Waals surface area contributed by atoms with Crippen molar-refractivity contribution in [3.63, 3.8) is 0 Å². The first-order valence-electron chi connectivity index (χ1n) is 17.9. The van der Waals surface area contributed by atoms with Crippen LogP contribution in [0.5, 0.6) is 5.75 Å². The summed E-state index contributed by atoms with van der Waals surface area (Å²) in [5, 5.41) is 0. The zero-order valence-corrected chi connectivity index (χ0v) is 31.2. The first-order valence-corrected chi connectivity index (χ1v) is 19.7. The Morgan fingerprint density at radius 1 is 0.596 bits per heavy atom. The highest BCUT2D eigenvalue weighted by atomic mass is 31.2. The summed E-state index contributed by atoms with van der Waals surface area (Å²) in [6.45, 7) is 8.29. The van der Waals surface area contributed by atoms with E-state index in [4.69, 9.17) is 9.26 Å². The van der Waals surface area contributed by atoms with Crippen molar-refractivity contribution >= 4 is 41.7 Å². The fraction of sp³-hybridized carbons (Fsp3) is 0.200. The van der Waals surface area contributed by atoms with E-state index in [0.717, 1.165) is 45.3 Å². The van der Waals surface area contributed by atoms with Crippen molar-refractivity contribution in [2.75, 3.05) is 22.6 Å². The number of rotatable bonds is 15. The molecule has 2 unspecified atom stereocenters. The van der Waals surface area contributed by atoms with Gasteiger partial charge in [-0.2, -0.15) is 0 Å². The largest absolute Gasteiger partial charge is 0.494 e. The van der Waals surface area contributed by atoms with Gasteiger partial charge in [0.2, 0.25) is 0 Å². The summed E-state index contributed by atoms with van der Waals surface area (Å²) in [7, 11) is -3.62. The quantitative estimate of drug-likeness (QED) is 0.0845. The predicted molar refractivity (Wildman–Crippen MR) is 216 cm³/mol. The lowest BCUT2D eigenvalue weighted by molar-refractivity contribution is 0.184. The highest BCUT2D eigenvalue weighted by molar-refractivity contribution is 7.52. The third-order valence-corrected chi connectivity index (χ3v) is 10.6. The van der Waals surface area contributed by atoms with Gasteiger partial charge >= 0.3 is 7.60 Å². The molecule has 1 N–H and O–H groups in total. The Labute approximate surface area is 308 Å². The van der Waals surface area contributed by atoms with Gasteiger partial charge in [0.1, 0.15) is 5.75 Å². The summed E-state index contributed by atoms with van der Waals surface area (Å²) < 4.78 is 23.6. The van der Waals surface area contributed by atoms with E-state index in [9.17, 15) is 9.46 Å². The molecule has 0 radical (unpaired) electrons. The first-order chi connectivity index (χ1) is 25.2. The van der Waals surface area contributed by atoms with Gasteiger partial charge in [0.15, 0.2) is 0 Å². The van der Waals surface area contributed by atoms with Crippen LogP contribution in [0.1, 0.15) is 37.8 Å². The second-order valence-corrected chi connectivity index (χ2v) is 15.1. The van der Waals surface area contributed by atoms with Gasteiger partial charge in [-0.15, -0.1) is 0 Å². The Kier molecular flexibility index (Phi) is 11.9. The fourth-order valence-corrected chi connectivity index (χ4v) is 7.51. The summed E-state index contributed by atoms with van der Waals surface area (Å²) in [5.74, 6) is 0.704. The lowest BCUT2D eigenvalue weighted by Crippen LogP contribution is -2.10. The molecule has 0 amide bonds. The fourth-order valence-electron chi connectivity index (χ4n) is 6.17. The van der Waals surface area contributed by atoms with Crippen LogP contribution in [0, 0.1) is 13.8 Å². The second-order valence-electron chi connectivity index (χ2n) is 13.2. The van der Waals surface area contributed by atoms with Gasteiger partial charge in [0.25, 0.3) is 0 Å². The Balaban J connectivity index is 1.19. The molecule has 0 aromatic heterocycles. The van der Waals surface area contributed by atoms with Crippen LogP contribution in [0.15, 0.2) is 152 Å². The average Bonchev–Trinajstić information content (AvgIpc) is 3.15. The number of para-hydroxylation sites is 1. The molecule has 0 aliphatic carbocycles. The molecule has 6 nitrogen and oxygen atoms in total. The van der Waals surface area contributed by atoms with E-state index in [2.05, 4.69) is 145 Å². The van der Waals surface area contributed by atoms with Crippen molar-refractivity contribution in [1.82, 2.24) is 0 Å². The Morgan fingerprint density at radius 3 is 1.50 bits per heavy atom. The molecule has 0 spiro atoms. The van der Waals surface area contributed by atoms with E-state index in [-0.39, 0.29) is 12.3 Å². The zero-order chi connectivity index (χ0) is 36.5. The molecule has 0 fully saturated rings. The normalized spacial score (nSPS) is 12.9. The summed E-state index contributed by atoms with van der Waals surface area (Å²) in [5.41, 5.74) is 11.1. The van der Waals surface area contributed by atoms with Crippen molar-refractivity contribution in [3.05, 3.63) is 163 Å². The van der Waals surface area contributed by atoms with Crippen LogP contribution in [0.25, 0.3) is 11.1 Å². The summed E-state index contributed by atoms with van der Waals surface area (Å²) in [6, 6.07) is 52.9. The molecule has 52 heavy (non-hydrogen) atoms. The number of ether oxygens (including phenoxy) is 1. The predicted octanol–water partition coefficient (Wildman–Crippen LogP) is 12.7. The lowest BCUT2D eigenvalue weighted by Gasteiger charge is -2.26. The van der Waals surface area contributed by atoms with Gasteiger partial charge in [0, 0.05) is 34.1 Å². The topological polar surface area (TPSA) is 62.2 Å². The second kappa shape index (κ2) is 16.9. The summed E-state index contributed by atoms with van der Waals surface area (Å²) in [4.78, 5) is 14.6. The molecule has 6 aromatic carbocycles. The maximum Gasteiger partial charge on any atom is 0.328 e. The van der Waals surface area contributed by atoms with Gasteiger partial charge in [-0.3, -0.25) is 4.57 Å². The number of aryl methyl sites for hydroxylation is 2. The molecular weight excluding hydrogens is 663 g/mol. The van der Waals surface area contributed by atoms with E-state index in [1.54, 1.807) is 6.92 Å². The minimum absolute atomic E-state index is 0.0657. The molecule has 7 heteroatoms. The maximum absolute atomic E-state index is 12.3. The third-order valence-electron chi connectivity index (χ3n) is 8.99. The van der Waals surface area contributed by atoms with Crippen molar-refractivity contribution in [1.29, 1.82) is 0 Å². The number of hydrogen-bond donors (Lipinski definition) is 1. The number of anilines is 6.